The van der Waals surface area contributed by atoms with Crippen molar-refractivity contribution < 1.29 is 4.79 Å². The first-order chi connectivity index (χ1) is 8.48. The van der Waals surface area contributed by atoms with Crippen molar-refractivity contribution in [3.63, 3.8) is 0 Å². The van der Waals surface area contributed by atoms with Crippen molar-refractivity contribution in [2.24, 2.45) is 5.92 Å². The predicted octanol–water partition coefficient (Wildman–Crippen LogP) is 4.11. The van der Waals surface area contributed by atoms with Crippen LogP contribution < -0.4 is 5.32 Å². The molecule has 0 saturated heterocycles. The molecule has 0 aromatic rings. The number of carbonyl (C=O) groups excluding carboxylic acids is 1. The summed E-state index contributed by atoms with van der Waals surface area (Å²) in [7, 11) is 0. The molecule has 2 nitrogen and oxygen atoms in total. The number of allylic oxidation sites excluding steroid dienone is 1. The average molecular weight is 253 g/mol. The minimum Gasteiger partial charge on any atom is -0.305 e. The molecule has 2 heteroatoms. The Morgan fingerprint density at radius 3 is 2.39 bits per heavy atom. The molecule has 0 bridgehead atoms. The maximum absolute atomic E-state index is 12.2. The molecule has 0 saturated carbocycles. The van der Waals surface area contributed by atoms with E-state index in [1.165, 1.54) is 19.3 Å². The van der Waals surface area contributed by atoms with Crippen LogP contribution in [0, 0.1) is 5.92 Å². The molecule has 18 heavy (non-hydrogen) atoms. The van der Waals surface area contributed by atoms with Gasteiger partial charge in [-0.05, 0) is 32.7 Å². The molecule has 0 heterocycles. The summed E-state index contributed by atoms with van der Waals surface area (Å²) in [6.45, 7) is 12.7. The van der Waals surface area contributed by atoms with E-state index < -0.39 is 0 Å². The van der Waals surface area contributed by atoms with E-state index in [4.69, 9.17) is 0 Å². The van der Waals surface area contributed by atoms with Gasteiger partial charge in [-0.2, -0.15) is 0 Å². The topological polar surface area (TPSA) is 29.1 Å². The molecular formula is C16H31NO. The lowest BCUT2D eigenvalue weighted by Gasteiger charge is -2.31. The molecule has 0 aliphatic carbocycles. The molecule has 1 N–H and O–H groups in total. The Bertz CT molecular complexity index is 247. The summed E-state index contributed by atoms with van der Waals surface area (Å²) >= 11 is 0. The van der Waals surface area contributed by atoms with Gasteiger partial charge in [0.15, 0.2) is 5.78 Å². The number of Topliss-reactive ketones (excluding diaryl/α,β-unsaturated/α-hetero) is 1. The number of likely N-dealkylation sites (N-methyl/N-ethyl adjacent to an activating group) is 1. The van der Waals surface area contributed by atoms with Gasteiger partial charge < -0.3 is 5.32 Å². The third kappa shape index (κ3) is 6.34. The smallest absolute Gasteiger partial charge is 0.155 e. The molecule has 0 unspecified atom stereocenters. The zero-order chi connectivity index (χ0) is 14.0. The molecule has 0 radical (unpaired) electrons. The van der Waals surface area contributed by atoms with Gasteiger partial charge in [0.1, 0.15) is 0 Å². The predicted molar refractivity (Wildman–Crippen MR) is 79.8 cm³/mol. The third-order valence-corrected chi connectivity index (χ3v) is 3.47. The molecule has 0 aromatic carbocycles. The van der Waals surface area contributed by atoms with Gasteiger partial charge in [0.25, 0.3) is 0 Å². The van der Waals surface area contributed by atoms with Crippen LogP contribution in [0.2, 0.25) is 0 Å². The summed E-state index contributed by atoms with van der Waals surface area (Å²) in [6.07, 6.45) is 8.83. The molecule has 0 amide bonds. The number of hydrogen-bond acceptors (Lipinski definition) is 2. The summed E-state index contributed by atoms with van der Waals surface area (Å²) in [4.78, 5) is 12.2. The van der Waals surface area contributed by atoms with Crippen LogP contribution in [0.3, 0.4) is 0 Å². The largest absolute Gasteiger partial charge is 0.305 e. The first-order valence-corrected chi connectivity index (χ1v) is 7.38. The van der Waals surface area contributed by atoms with Gasteiger partial charge in [-0.1, -0.05) is 46.1 Å². The minimum absolute atomic E-state index is 0.106. The second kappa shape index (κ2) is 9.32. The number of rotatable bonds is 11. The highest BCUT2D eigenvalue weighted by atomic mass is 16.1. The van der Waals surface area contributed by atoms with Crippen molar-refractivity contribution in [1.29, 1.82) is 0 Å². The number of unbranched alkanes of at least 4 members (excludes halogenated alkanes) is 4. The van der Waals surface area contributed by atoms with E-state index in [2.05, 4.69) is 25.7 Å². The zero-order valence-corrected chi connectivity index (χ0v) is 12.7. The minimum atomic E-state index is -0.332. The van der Waals surface area contributed by atoms with Gasteiger partial charge in [-0.25, -0.2) is 0 Å². The van der Waals surface area contributed by atoms with E-state index in [-0.39, 0.29) is 11.5 Å². The van der Waals surface area contributed by atoms with E-state index in [1.807, 2.05) is 19.9 Å². The molecule has 106 valence electrons. The SMILES string of the molecule is C=CCCCCCC[C@](C)(NCC)C(=O)C(C)C. The van der Waals surface area contributed by atoms with E-state index in [0.29, 0.717) is 5.78 Å². The number of hydrogen-bond donors (Lipinski definition) is 1. The lowest BCUT2D eigenvalue weighted by Crippen LogP contribution is -2.51. The fourth-order valence-corrected chi connectivity index (χ4v) is 2.45. The monoisotopic (exact) mass is 253 g/mol. The van der Waals surface area contributed by atoms with Gasteiger partial charge in [0.05, 0.1) is 5.54 Å². The van der Waals surface area contributed by atoms with Gasteiger partial charge in [0.2, 0.25) is 0 Å². The van der Waals surface area contributed by atoms with Crippen LogP contribution in [0.1, 0.15) is 66.2 Å². The molecule has 0 aromatic heterocycles. The normalized spacial score (nSPS) is 14.5. The molecule has 1 atom stereocenters. The summed E-state index contributed by atoms with van der Waals surface area (Å²) in [6, 6.07) is 0. The highest BCUT2D eigenvalue weighted by Gasteiger charge is 2.32. The van der Waals surface area contributed by atoms with Crippen LogP contribution in [0.25, 0.3) is 0 Å². The van der Waals surface area contributed by atoms with Crippen LogP contribution in [-0.4, -0.2) is 17.9 Å². The highest BCUT2D eigenvalue weighted by molar-refractivity contribution is 5.89. The van der Waals surface area contributed by atoms with Crippen molar-refractivity contribution in [2.75, 3.05) is 6.54 Å². The number of carbonyl (C=O) groups is 1. The number of nitrogens with one attached hydrogen (secondary N) is 1. The first kappa shape index (κ1) is 17.4. The van der Waals surface area contributed by atoms with Crippen LogP contribution in [0.15, 0.2) is 12.7 Å². The fourth-order valence-electron chi connectivity index (χ4n) is 2.45. The average Bonchev–Trinajstić information content (AvgIpc) is 2.33. The third-order valence-electron chi connectivity index (χ3n) is 3.47. The Morgan fingerprint density at radius 2 is 1.89 bits per heavy atom. The zero-order valence-electron chi connectivity index (χ0n) is 12.7. The molecule has 0 aliphatic rings. The maximum Gasteiger partial charge on any atom is 0.155 e. The summed E-state index contributed by atoms with van der Waals surface area (Å²) in [5.41, 5.74) is -0.332. The molecule has 0 spiro atoms. The fraction of sp³-hybridized carbons (Fsp3) is 0.812. The Kier molecular flexibility index (Phi) is 8.99. The van der Waals surface area contributed by atoms with E-state index >= 15 is 0 Å². The van der Waals surface area contributed by atoms with Crippen LogP contribution >= 0.6 is 0 Å². The Labute approximate surface area is 113 Å². The van der Waals surface area contributed by atoms with Gasteiger partial charge in [-0.3, -0.25) is 4.79 Å². The Morgan fingerprint density at radius 1 is 1.28 bits per heavy atom. The summed E-state index contributed by atoms with van der Waals surface area (Å²) in [5, 5.41) is 3.38. The van der Waals surface area contributed by atoms with Crippen molar-refractivity contribution in [1.82, 2.24) is 5.32 Å². The van der Waals surface area contributed by atoms with Crippen LogP contribution in [0.5, 0.6) is 0 Å². The lowest BCUT2D eigenvalue weighted by molar-refractivity contribution is -0.128. The molecular weight excluding hydrogens is 222 g/mol. The van der Waals surface area contributed by atoms with Crippen molar-refractivity contribution in [3.8, 4) is 0 Å². The summed E-state index contributed by atoms with van der Waals surface area (Å²) < 4.78 is 0. The van der Waals surface area contributed by atoms with Crippen LogP contribution in [-0.2, 0) is 4.79 Å². The second-order valence-electron chi connectivity index (χ2n) is 5.62. The van der Waals surface area contributed by atoms with Crippen LogP contribution in [0.4, 0.5) is 0 Å². The Balaban J connectivity index is 4.10. The molecule has 0 rings (SSSR count). The molecule has 0 fully saturated rings. The van der Waals surface area contributed by atoms with E-state index in [9.17, 15) is 4.79 Å². The first-order valence-electron chi connectivity index (χ1n) is 7.38. The van der Waals surface area contributed by atoms with E-state index in [1.54, 1.807) is 0 Å². The maximum atomic E-state index is 12.2. The van der Waals surface area contributed by atoms with Crippen molar-refractivity contribution in [3.05, 3.63) is 12.7 Å². The van der Waals surface area contributed by atoms with Gasteiger partial charge in [-0.15, -0.1) is 6.58 Å². The van der Waals surface area contributed by atoms with Crippen molar-refractivity contribution in [2.45, 2.75) is 71.8 Å². The van der Waals surface area contributed by atoms with E-state index in [0.717, 1.165) is 25.8 Å². The Hall–Kier alpha value is -0.630. The lowest BCUT2D eigenvalue weighted by atomic mass is 9.84. The number of ketones is 1. The standard InChI is InChI=1S/C16H31NO/c1-6-8-9-10-11-12-13-16(5,17-7-2)15(18)14(3)4/h6,14,17H,1,7-13H2,2-5H3/t16-/m0/s1. The highest BCUT2D eigenvalue weighted by Crippen LogP contribution is 2.20. The van der Waals surface area contributed by atoms with Crippen molar-refractivity contribution >= 4 is 5.78 Å². The second-order valence-corrected chi connectivity index (χ2v) is 5.62. The molecule has 0 aliphatic heterocycles. The van der Waals surface area contributed by atoms with Gasteiger partial charge >= 0.3 is 0 Å². The summed E-state index contributed by atoms with van der Waals surface area (Å²) in [5.74, 6) is 0.449. The van der Waals surface area contributed by atoms with Gasteiger partial charge in [0, 0.05) is 5.92 Å². The quantitative estimate of drug-likeness (QED) is 0.443.